The van der Waals surface area contributed by atoms with E-state index in [1.807, 2.05) is 0 Å². The van der Waals surface area contributed by atoms with Gasteiger partial charge in [0.1, 0.15) is 22.1 Å². The standard InChI is InChI=1S/C17H23N5O2S/c1-11(2)10-21-4-6-22(7-5-21)14-9-18-13(8-19-14)15-16(17(23)24)25-12(3)20-15/h8-9,11H,4-7,10H2,1-3H3,(H,23,24). The smallest absolute Gasteiger partial charge is 0.348 e. The molecule has 1 aliphatic heterocycles. The molecule has 0 saturated carbocycles. The van der Waals surface area contributed by atoms with Gasteiger partial charge in [-0.25, -0.2) is 19.7 Å². The second-order valence-corrected chi connectivity index (χ2v) is 7.86. The van der Waals surface area contributed by atoms with Crippen LogP contribution in [0.4, 0.5) is 5.82 Å². The number of carboxylic acid groups (broad SMARTS) is 1. The zero-order valence-electron chi connectivity index (χ0n) is 14.8. The molecule has 8 heteroatoms. The topological polar surface area (TPSA) is 82.5 Å². The highest BCUT2D eigenvalue weighted by Crippen LogP contribution is 2.27. The van der Waals surface area contributed by atoms with Crippen molar-refractivity contribution in [3.8, 4) is 11.4 Å². The molecule has 1 saturated heterocycles. The fraction of sp³-hybridized carbons (Fsp3) is 0.529. The van der Waals surface area contributed by atoms with Crippen molar-refractivity contribution < 1.29 is 9.90 Å². The number of carboxylic acids is 1. The Kier molecular flexibility index (Phi) is 5.29. The predicted molar refractivity (Wildman–Crippen MR) is 98.3 cm³/mol. The Bertz CT molecular complexity index is 736. The Morgan fingerprint density at radius 3 is 2.52 bits per heavy atom. The maximum absolute atomic E-state index is 11.3. The molecule has 1 fully saturated rings. The minimum atomic E-state index is -0.979. The van der Waals surface area contributed by atoms with Gasteiger partial charge in [0.25, 0.3) is 0 Å². The molecule has 7 nitrogen and oxygen atoms in total. The molecule has 134 valence electrons. The van der Waals surface area contributed by atoms with Crippen LogP contribution in [0.15, 0.2) is 12.4 Å². The van der Waals surface area contributed by atoms with Crippen LogP contribution in [0.5, 0.6) is 0 Å². The summed E-state index contributed by atoms with van der Waals surface area (Å²) in [5.74, 6) is 0.528. The molecule has 1 aliphatic rings. The summed E-state index contributed by atoms with van der Waals surface area (Å²) < 4.78 is 0. The first-order valence-electron chi connectivity index (χ1n) is 8.44. The molecule has 2 aromatic rings. The third-order valence-electron chi connectivity index (χ3n) is 4.13. The number of aromatic nitrogens is 3. The van der Waals surface area contributed by atoms with Crippen molar-refractivity contribution in [1.82, 2.24) is 19.9 Å². The average Bonchev–Trinajstić information content (AvgIpc) is 2.97. The van der Waals surface area contributed by atoms with Crippen molar-refractivity contribution in [1.29, 1.82) is 0 Å². The van der Waals surface area contributed by atoms with Gasteiger partial charge in [0, 0.05) is 32.7 Å². The lowest BCUT2D eigenvalue weighted by Gasteiger charge is -2.36. The highest BCUT2D eigenvalue weighted by Gasteiger charge is 2.21. The molecule has 1 N–H and O–H groups in total. The molecule has 3 rings (SSSR count). The van der Waals surface area contributed by atoms with Crippen LogP contribution in [0.25, 0.3) is 11.4 Å². The normalized spacial score (nSPS) is 15.8. The highest BCUT2D eigenvalue weighted by atomic mass is 32.1. The number of aromatic carboxylic acids is 1. The number of thiazole rings is 1. The molecule has 25 heavy (non-hydrogen) atoms. The van der Waals surface area contributed by atoms with Crippen molar-refractivity contribution in [3.63, 3.8) is 0 Å². The fourth-order valence-electron chi connectivity index (χ4n) is 3.03. The van der Waals surface area contributed by atoms with Crippen LogP contribution in [0.1, 0.15) is 28.5 Å². The number of piperazine rings is 1. The zero-order valence-corrected chi connectivity index (χ0v) is 15.6. The first-order valence-corrected chi connectivity index (χ1v) is 9.26. The summed E-state index contributed by atoms with van der Waals surface area (Å²) in [6.45, 7) is 11.3. The van der Waals surface area contributed by atoms with Gasteiger partial charge in [-0.05, 0) is 12.8 Å². The summed E-state index contributed by atoms with van der Waals surface area (Å²) in [5.41, 5.74) is 0.903. The van der Waals surface area contributed by atoms with Crippen molar-refractivity contribution in [2.24, 2.45) is 5.92 Å². The first-order chi connectivity index (χ1) is 11.9. The molecule has 0 amide bonds. The summed E-state index contributed by atoms with van der Waals surface area (Å²) in [7, 11) is 0. The van der Waals surface area contributed by atoms with Gasteiger partial charge < -0.3 is 10.0 Å². The minimum absolute atomic E-state index is 0.210. The second-order valence-electron chi connectivity index (χ2n) is 6.66. The lowest BCUT2D eigenvalue weighted by atomic mass is 10.2. The van der Waals surface area contributed by atoms with E-state index in [1.165, 1.54) is 0 Å². The molecule has 3 heterocycles. The largest absolute Gasteiger partial charge is 0.477 e. The minimum Gasteiger partial charge on any atom is -0.477 e. The number of aryl methyl sites for hydroxylation is 1. The monoisotopic (exact) mass is 361 g/mol. The predicted octanol–water partition coefficient (Wildman–Crippen LogP) is 2.38. The molecule has 0 aliphatic carbocycles. The molecule has 0 radical (unpaired) electrons. The lowest BCUT2D eigenvalue weighted by Crippen LogP contribution is -2.47. The number of rotatable bonds is 5. The van der Waals surface area contributed by atoms with Crippen molar-refractivity contribution in [2.45, 2.75) is 20.8 Å². The van der Waals surface area contributed by atoms with Crippen LogP contribution in [0.2, 0.25) is 0 Å². The quantitative estimate of drug-likeness (QED) is 0.875. The Morgan fingerprint density at radius 1 is 1.24 bits per heavy atom. The molecule has 0 aromatic carbocycles. The van der Waals surface area contributed by atoms with Crippen molar-refractivity contribution >= 4 is 23.1 Å². The van der Waals surface area contributed by atoms with E-state index in [0.29, 0.717) is 22.3 Å². The van der Waals surface area contributed by atoms with Crippen LogP contribution >= 0.6 is 11.3 Å². The Hall–Kier alpha value is -2.06. The van der Waals surface area contributed by atoms with Crippen LogP contribution < -0.4 is 4.90 Å². The molecule has 0 unspecified atom stereocenters. The Balaban J connectivity index is 1.70. The summed E-state index contributed by atoms with van der Waals surface area (Å²) >= 11 is 1.16. The second kappa shape index (κ2) is 7.45. The van der Waals surface area contributed by atoms with Gasteiger partial charge >= 0.3 is 5.97 Å². The third kappa shape index (κ3) is 4.13. The first kappa shape index (κ1) is 17.8. The van der Waals surface area contributed by atoms with E-state index in [-0.39, 0.29) is 4.88 Å². The van der Waals surface area contributed by atoms with Gasteiger partial charge in [-0.3, -0.25) is 4.90 Å². The maximum Gasteiger partial charge on any atom is 0.348 e. The van der Waals surface area contributed by atoms with E-state index in [9.17, 15) is 9.90 Å². The van der Waals surface area contributed by atoms with Gasteiger partial charge in [0.15, 0.2) is 0 Å². The molecule has 2 aromatic heterocycles. The van der Waals surface area contributed by atoms with Crippen molar-refractivity contribution in [3.05, 3.63) is 22.3 Å². The third-order valence-corrected chi connectivity index (χ3v) is 5.09. The number of hydrogen-bond donors (Lipinski definition) is 1. The summed E-state index contributed by atoms with van der Waals surface area (Å²) in [4.78, 5) is 29.4. The van der Waals surface area contributed by atoms with Gasteiger partial charge in [0.2, 0.25) is 0 Å². The zero-order chi connectivity index (χ0) is 18.0. The molecule has 0 bridgehead atoms. The van der Waals surface area contributed by atoms with Crippen LogP contribution in [-0.4, -0.2) is 63.7 Å². The SMILES string of the molecule is Cc1nc(-c2cnc(N3CCN(CC(C)C)CC3)cn2)c(C(=O)O)s1. The molecule has 0 atom stereocenters. The number of nitrogens with zero attached hydrogens (tertiary/aromatic N) is 5. The van der Waals surface area contributed by atoms with E-state index in [0.717, 1.165) is 49.9 Å². The summed E-state index contributed by atoms with van der Waals surface area (Å²) in [6.07, 6.45) is 3.34. The van der Waals surface area contributed by atoms with E-state index >= 15 is 0 Å². The summed E-state index contributed by atoms with van der Waals surface area (Å²) in [6, 6.07) is 0. The number of carbonyl (C=O) groups is 1. The maximum atomic E-state index is 11.3. The van der Waals surface area contributed by atoms with E-state index in [4.69, 9.17) is 0 Å². The van der Waals surface area contributed by atoms with E-state index < -0.39 is 5.97 Å². The average molecular weight is 361 g/mol. The number of hydrogen-bond acceptors (Lipinski definition) is 7. The van der Waals surface area contributed by atoms with E-state index in [2.05, 4.69) is 38.6 Å². The highest BCUT2D eigenvalue weighted by molar-refractivity contribution is 7.14. The number of anilines is 1. The summed E-state index contributed by atoms with van der Waals surface area (Å²) in [5, 5.41) is 10.0. The molecular formula is C17H23N5O2S. The van der Waals surface area contributed by atoms with Crippen LogP contribution in [0.3, 0.4) is 0 Å². The molecule has 0 spiro atoms. The fourth-order valence-corrected chi connectivity index (χ4v) is 3.79. The van der Waals surface area contributed by atoms with Gasteiger partial charge in [-0.15, -0.1) is 11.3 Å². The van der Waals surface area contributed by atoms with Gasteiger partial charge in [-0.1, -0.05) is 13.8 Å². The Morgan fingerprint density at radius 2 is 1.96 bits per heavy atom. The Labute approximate surface area is 151 Å². The lowest BCUT2D eigenvalue weighted by molar-refractivity contribution is 0.0702. The van der Waals surface area contributed by atoms with E-state index in [1.54, 1.807) is 19.3 Å². The molecular weight excluding hydrogens is 338 g/mol. The van der Waals surface area contributed by atoms with Crippen molar-refractivity contribution in [2.75, 3.05) is 37.6 Å². The van der Waals surface area contributed by atoms with Gasteiger partial charge in [0.05, 0.1) is 17.4 Å². The van der Waals surface area contributed by atoms with Gasteiger partial charge in [-0.2, -0.15) is 0 Å². The van der Waals surface area contributed by atoms with Crippen LogP contribution in [0, 0.1) is 12.8 Å². The van der Waals surface area contributed by atoms with Crippen LogP contribution in [-0.2, 0) is 0 Å².